The molecule has 1 atom stereocenters. The lowest BCUT2D eigenvalue weighted by Crippen LogP contribution is -2.41. The first-order valence-electron chi connectivity index (χ1n) is 8.95. The van der Waals surface area contributed by atoms with Crippen molar-refractivity contribution in [3.63, 3.8) is 0 Å². The first kappa shape index (κ1) is 18.7. The number of rotatable bonds is 4. The van der Waals surface area contributed by atoms with Gasteiger partial charge in [0.15, 0.2) is 11.6 Å². The van der Waals surface area contributed by atoms with Crippen LogP contribution in [0.25, 0.3) is 5.82 Å². The third-order valence-corrected chi connectivity index (χ3v) is 5.52. The number of nitrogens with zero attached hydrogens (tertiary/aromatic N) is 5. The summed E-state index contributed by atoms with van der Waals surface area (Å²) in [6.07, 6.45) is 5.20. The van der Waals surface area contributed by atoms with Crippen LogP contribution >= 0.6 is 23.2 Å². The number of halogens is 2. The molecule has 9 heteroatoms. The van der Waals surface area contributed by atoms with Gasteiger partial charge in [0.2, 0.25) is 5.91 Å². The van der Waals surface area contributed by atoms with E-state index >= 15 is 0 Å². The average molecular weight is 417 g/mol. The molecule has 2 aromatic heterocycles. The number of hydrogen-bond acceptors (Lipinski definition) is 5. The van der Waals surface area contributed by atoms with E-state index in [1.54, 1.807) is 29.1 Å². The summed E-state index contributed by atoms with van der Waals surface area (Å²) < 4.78 is 1.65. The quantitative estimate of drug-likeness (QED) is 0.699. The van der Waals surface area contributed by atoms with Crippen molar-refractivity contribution < 1.29 is 4.79 Å². The number of nitrogens with one attached hydrogen (secondary N) is 1. The summed E-state index contributed by atoms with van der Waals surface area (Å²) in [5.41, 5.74) is 0.527. The smallest absolute Gasteiger partial charge is 0.229 e. The van der Waals surface area contributed by atoms with Gasteiger partial charge in [-0.05, 0) is 43.2 Å². The van der Waals surface area contributed by atoms with Gasteiger partial charge in [-0.15, -0.1) is 10.2 Å². The number of carbonyl (C=O) groups is 1. The van der Waals surface area contributed by atoms with Crippen molar-refractivity contribution in [1.29, 1.82) is 0 Å². The van der Waals surface area contributed by atoms with Crippen LogP contribution in [0, 0.1) is 5.92 Å². The van der Waals surface area contributed by atoms with Crippen molar-refractivity contribution in [1.82, 2.24) is 20.0 Å². The van der Waals surface area contributed by atoms with Gasteiger partial charge in [0.1, 0.15) is 0 Å². The Balaban J connectivity index is 1.44. The van der Waals surface area contributed by atoms with Crippen LogP contribution in [-0.2, 0) is 4.79 Å². The molecule has 1 N–H and O–H groups in total. The van der Waals surface area contributed by atoms with Crippen molar-refractivity contribution in [2.24, 2.45) is 5.92 Å². The fourth-order valence-corrected chi connectivity index (χ4v) is 3.60. The van der Waals surface area contributed by atoms with E-state index in [2.05, 4.69) is 25.5 Å². The maximum absolute atomic E-state index is 12.7. The average Bonchev–Trinajstić information content (AvgIpc) is 3.26. The third-order valence-electron chi connectivity index (χ3n) is 4.70. The summed E-state index contributed by atoms with van der Waals surface area (Å²) in [5, 5.41) is 16.3. The Kier molecular flexibility index (Phi) is 5.45. The minimum absolute atomic E-state index is 0.0741. The Morgan fingerprint density at radius 3 is 2.68 bits per heavy atom. The SMILES string of the molecule is O=C(Nc1cccc(Cl)c1Cl)C1CCCN(c2ccc(-n3cccn3)nn2)C1. The number of anilines is 2. The fourth-order valence-electron chi connectivity index (χ4n) is 3.25. The topological polar surface area (TPSA) is 75.9 Å². The molecule has 1 aromatic carbocycles. The Hall–Kier alpha value is -2.64. The molecule has 1 aliphatic rings. The van der Waals surface area contributed by atoms with Crippen molar-refractivity contribution in [3.05, 3.63) is 58.8 Å². The first-order chi connectivity index (χ1) is 13.6. The van der Waals surface area contributed by atoms with Crippen LogP contribution in [-0.4, -0.2) is 39.0 Å². The minimum atomic E-state index is -0.170. The maximum atomic E-state index is 12.7. The Morgan fingerprint density at radius 1 is 1.11 bits per heavy atom. The van der Waals surface area contributed by atoms with Crippen LogP contribution < -0.4 is 10.2 Å². The predicted octanol–water partition coefficient (Wildman–Crippen LogP) is 3.82. The molecule has 4 rings (SSSR count). The van der Waals surface area contributed by atoms with Crippen LogP contribution in [0.15, 0.2) is 48.8 Å². The normalized spacial score (nSPS) is 16.8. The molecule has 1 fully saturated rings. The molecule has 1 unspecified atom stereocenters. The van der Waals surface area contributed by atoms with Crippen LogP contribution in [0.5, 0.6) is 0 Å². The highest BCUT2D eigenvalue weighted by Crippen LogP contribution is 2.30. The van der Waals surface area contributed by atoms with Gasteiger partial charge in [-0.3, -0.25) is 4.79 Å². The van der Waals surface area contributed by atoms with E-state index in [1.165, 1.54) is 0 Å². The highest BCUT2D eigenvalue weighted by Gasteiger charge is 2.27. The number of amides is 1. The summed E-state index contributed by atoms with van der Waals surface area (Å²) in [6.45, 7) is 1.40. The second-order valence-electron chi connectivity index (χ2n) is 6.58. The first-order valence-corrected chi connectivity index (χ1v) is 9.71. The van der Waals surface area contributed by atoms with Gasteiger partial charge in [0.25, 0.3) is 0 Å². The third kappa shape index (κ3) is 3.95. The molecule has 144 valence electrons. The van der Waals surface area contributed by atoms with Crippen molar-refractivity contribution in [2.75, 3.05) is 23.3 Å². The van der Waals surface area contributed by atoms with E-state index in [0.29, 0.717) is 28.1 Å². The van der Waals surface area contributed by atoms with Gasteiger partial charge in [0.05, 0.1) is 21.7 Å². The Morgan fingerprint density at radius 2 is 1.93 bits per heavy atom. The molecule has 28 heavy (non-hydrogen) atoms. The van der Waals surface area contributed by atoms with E-state index < -0.39 is 0 Å². The van der Waals surface area contributed by atoms with Crippen LogP contribution in [0.2, 0.25) is 10.0 Å². The molecule has 0 aliphatic carbocycles. The van der Waals surface area contributed by atoms with E-state index in [4.69, 9.17) is 23.2 Å². The van der Waals surface area contributed by atoms with Crippen molar-refractivity contribution >= 4 is 40.6 Å². The van der Waals surface area contributed by atoms with Crippen LogP contribution in [0.3, 0.4) is 0 Å². The number of carbonyl (C=O) groups excluding carboxylic acids is 1. The predicted molar refractivity (Wildman–Crippen MR) is 109 cm³/mol. The van der Waals surface area contributed by atoms with E-state index in [9.17, 15) is 4.79 Å². The zero-order valence-corrected chi connectivity index (χ0v) is 16.4. The second kappa shape index (κ2) is 8.16. The number of benzene rings is 1. The minimum Gasteiger partial charge on any atom is -0.354 e. The molecule has 1 aliphatic heterocycles. The number of piperidine rings is 1. The molecule has 0 saturated carbocycles. The molecule has 0 spiro atoms. The van der Waals surface area contributed by atoms with Gasteiger partial charge >= 0.3 is 0 Å². The Bertz CT molecular complexity index is 961. The highest BCUT2D eigenvalue weighted by atomic mass is 35.5. The van der Waals surface area contributed by atoms with E-state index in [-0.39, 0.29) is 11.8 Å². The number of hydrogen-bond donors (Lipinski definition) is 1. The molecular formula is C19H18Cl2N6O. The molecule has 0 bridgehead atoms. The summed E-state index contributed by atoms with van der Waals surface area (Å²) in [6, 6.07) is 10.8. The lowest BCUT2D eigenvalue weighted by molar-refractivity contribution is -0.120. The van der Waals surface area contributed by atoms with Gasteiger partial charge in [-0.1, -0.05) is 29.3 Å². The standard InChI is InChI=1S/C19H18Cl2N6O/c20-14-5-1-6-15(18(14)21)23-19(28)13-4-2-10-26(12-13)16-7-8-17(25-24-16)27-11-3-9-22-27/h1,3,5-9,11,13H,2,4,10,12H2,(H,23,28). The second-order valence-corrected chi connectivity index (χ2v) is 7.36. The van der Waals surface area contributed by atoms with Gasteiger partial charge in [-0.2, -0.15) is 5.10 Å². The molecule has 0 radical (unpaired) electrons. The molecule has 1 saturated heterocycles. The lowest BCUT2D eigenvalue weighted by atomic mass is 9.97. The van der Waals surface area contributed by atoms with Gasteiger partial charge in [-0.25, -0.2) is 4.68 Å². The highest BCUT2D eigenvalue weighted by molar-refractivity contribution is 6.44. The molecule has 3 aromatic rings. The van der Waals surface area contributed by atoms with Crippen molar-refractivity contribution in [3.8, 4) is 5.82 Å². The molecule has 1 amide bonds. The van der Waals surface area contributed by atoms with Gasteiger partial charge in [0, 0.05) is 25.5 Å². The van der Waals surface area contributed by atoms with Gasteiger partial charge < -0.3 is 10.2 Å². The number of aromatic nitrogens is 4. The zero-order chi connectivity index (χ0) is 19.5. The van der Waals surface area contributed by atoms with Crippen LogP contribution in [0.4, 0.5) is 11.5 Å². The summed E-state index contributed by atoms with van der Waals surface area (Å²) in [5.74, 6) is 1.15. The van der Waals surface area contributed by atoms with Crippen LogP contribution in [0.1, 0.15) is 12.8 Å². The molecular weight excluding hydrogens is 399 g/mol. The summed E-state index contributed by atoms with van der Waals surface area (Å²) in [7, 11) is 0. The summed E-state index contributed by atoms with van der Waals surface area (Å²) in [4.78, 5) is 14.8. The van der Waals surface area contributed by atoms with E-state index in [0.717, 1.165) is 25.2 Å². The van der Waals surface area contributed by atoms with E-state index in [1.807, 2.05) is 24.4 Å². The zero-order valence-electron chi connectivity index (χ0n) is 14.9. The van der Waals surface area contributed by atoms with Crippen molar-refractivity contribution in [2.45, 2.75) is 12.8 Å². The lowest BCUT2D eigenvalue weighted by Gasteiger charge is -2.32. The largest absolute Gasteiger partial charge is 0.354 e. The molecule has 3 heterocycles. The Labute approximate surface area is 172 Å². The maximum Gasteiger partial charge on any atom is 0.229 e. The molecule has 7 nitrogen and oxygen atoms in total. The fraction of sp³-hybridized carbons (Fsp3) is 0.263. The monoisotopic (exact) mass is 416 g/mol. The summed E-state index contributed by atoms with van der Waals surface area (Å²) >= 11 is 12.2.